The van der Waals surface area contributed by atoms with Crippen LogP contribution in [0.2, 0.25) is 0 Å². The number of nitrogens with zero attached hydrogens (tertiary/aromatic N) is 3. The molecule has 0 aromatic heterocycles. The summed E-state index contributed by atoms with van der Waals surface area (Å²) in [5.41, 5.74) is 4.07. The molecule has 0 saturated heterocycles. The zero-order valence-electron chi connectivity index (χ0n) is 36.0. The first-order chi connectivity index (χ1) is 27.7. The van der Waals surface area contributed by atoms with Crippen LogP contribution in [0.5, 0.6) is 0 Å². The highest BCUT2D eigenvalue weighted by Gasteiger charge is 2.43. The predicted molar refractivity (Wildman–Crippen MR) is 224 cm³/mol. The van der Waals surface area contributed by atoms with Crippen molar-refractivity contribution in [2.45, 2.75) is 124 Å². The second-order valence-corrected chi connectivity index (χ2v) is 17.7. The normalized spacial score (nSPS) is 17.3. The van der Waals surface area contributed by atoms with Crippen LogP contribution >= 0.6 is 0 Å². The number of amides is 5. The van der Waals surface area contributed by atoms with Crippen LogP contribution in [-0.4, -0.2) is 83.4 Å². The molecule has 1 aliphatic heterocycles. The Balaban J connectivity index is 1.47. The number of likely N-dealkylation sites (N-methyl/N-ethyl adjacent to an activating group) is 1. The van der Waals surface area contributed by atoms with Crippen LogP contribution in [0, 0.1) is 5.41 Å². The maximum Gasteiger partial charge on any atom is 0.410 e. The molecule has 5 rings (SSSR count). The quantitative estimate of drug-likeness (QED) is 0.228. The molecule has 0 saturated carbocycles. The number of methoxy groups -OCH3 is 1. The predicted octanol–water partition coefficient (Wildman–Crippen LogP) is 6.26. The van der Waals surface area contributed by atoms with Gasteiger partial charge in [-0.3, -0.25) is 24.1 Å². The fourth-order valence-electron chi connectivity index (χ4n) is 7.55. The smallest absolute Gasteiger partial charge is 0.410 e. The van der Waals surface area contributed by atoms with E-state index in [1.165, 1.54) is 36.4 Å². The summed E-state index contributed by atoms with van der Waals surface area (Å²) in [5, 5.41) is 6.19. The lowest BCUT2D eigenvalue weighted by Crippen LogP contribution is -2.62. The number of hydrogen-bond acceptors (Lipinski definition) is 8. The molecule has 0 bridgehead atoms. The number of benzene rings is 3. The molecule has 3 aromatic carbocycles. The summed E-state index contributed by atoms with van der Waals surface area (Å²) in [5.74, 6) is -1.97. The van der Waals surface area contributed by atoms with Crippen molar-refractivity contribution in [3.8, 4) is 0 Å². The molecule has 1 aliphatic carbocycles. The maximum absolute atomic E-state index is 15.0. The van der Waals surface area contributed by atoms with Gasteiger partial charge in [-0.15, -0.1) is 0 Å². The fraction of sp³-hybridized carbons (Fsp3) is 0.478. The van der Waals surface area contributed by atoms with Gasteiger partial charge in [0.15, 0.2) is 0 Å². The van der Waals surface area contributed by atoms with E-state index >= 15 is 4.79 Å². The maximum atomic E-state index is 15.0. The van der Waals surface area contributed by atoms with E-state index in [0.717, 1.165) is 41.5 Å². The molecule has 0 radical (unpaired) electrons. The van der Waals surface area contributed by atoms with Crippen LogP contribution in [-0.2, 0) is 54.6 Å². The molecule has 1 heterocycles. The summed E-state index contributed by atoms with van der Waals surface area (Å²) < 4.78 is 10.3. The van der Waals surface area contributed by atoms with Gasteiger partial charge in [-0.25, -0.2) is 9.59 Å². The lowest BCUT2D eigenvalue weighted by Gasteiger charge is -2.42. The zero-order chi connectivity index (χ0) is 43.4. The lowest BCUT2D eigenvalue weighted by atomic mass is 9.83. The SMILES string of the molecule is COC(=O)c1ccc(CN(C(C)=O)c2ccc3c(c2)CN(C(=O)C(NC(=O)[C@H](C)N(C)C(=O)OC(C)(C)C)C(C)(C)C)C(C(=O)NC2CCCc4ccccc42)C3)cc1. The van der Waals surface area contributed by atoms with Crippen molar-refractivity contribution in [1.29, 1.82) is 0 Å². The number of anilines is 1. The third kappa shape index (κ3) is 10.7. The van der Waals surface area contributed by atoms with Crippen LogP contribution in [0.3, 0.4) is 0 Å². The zero-order valence-corrected chi connectivity index (χ0v) is 36.0. The largest absolute Gasteiger partial charge is 0.465 e. The molecule has 13 heteroatoms. The minimum atomic E-state index is -1.08. The first-order valence-electron chi connectivity index (χ1n) is 20.2. The second kappa shape index (κ2) is 18.0. The van der Waals surface area contributed by atoms with Gasteiger partial charge in [0.1, 0.15) is 23.7 Å². The molecule has 0 spiro atoms. The summed E-state index contributed by atoms with van der Waals surface area (Å²) >= 11 is 0. The van der Waals surface area contributed by atoms with Gasteiger partial charge in [0.05, 0.1) is 25.3 Å². The van der Waals surface area contributed by atoms with Crippen LogP contribution in [0.25, 0.3) is 0 Å². The number of carbonyl (C=O) groups excluding carboxylic acids is 6. The molecule has 5 amide bonds. The van der Waals surface area contributed by atoms with Gasteiger partial charge >= 0.3 is 12.1 Å². The molecule has 3 aromatic rings. The van der Waals surface area contributed by atoms with Gasteiger partial charge < -0.3 is 29.9 Å². The van der Waals surface area contributed by atoms with Gasteiger partial charge in [0, 0.05) is 32.6 Å². The molecule has 59 heavy (non-hydrogen) atoms. The van der Waals surface area contributed by atoms with Gasteiger partial charge in [0.2, 0.25) is 23.6 Å². The first-order valence-corrected chi connectivity index (χ1v) is 20.2. The van der Waals surface area contributed by atoms with Crippen molar-refractivity contribution in [3.63, 3.8) is 0 Å². The molecular formula is C46H59N5O8. The van der Waals surface area contributed by atoms with E-state index in [4.69, 9.17) is 9.47 Å². The topological polar surface area (TPSA) is 155 Å². The van der Waals surface area contributed by atoms with Crippen molar-refractivity contribution in [3.05, 3.63) is 100 Å². The molecule has 4 atom stereocenters. The summed E-state index contributed by atoms with van der Waals surface area (Å²) in [6, 6.07) is 17.3. The van der Waals surface area contributed by atoms with E-state index in [2.05, 4.69) is 16.7 Å². The van der Waals surface area contributed by atoms with E-state index in [1.54, 1.807) is 56.9 Å². The number of aryl methyl sites for hydroxylation is 1. The van der Waals surface area contributed by atoms with Crippen molar-refractivity contribution in [2.24, 2.45) is 5.41 Å². The summed E-state index contributed by atoms with van der Waals surface area (Å²) in [4.78, 5) is 85.6. The number of fused-ring (bicyclic) bond motifs is 2. The van der Waals surface area contributed by atoms with E-state index in [-0.39, 0.29) is 37.4 Å². The Labute approximate surface area is 347 Å². The molecule has 2 aliphatic rings. The fourth-order valence-corrected chi connectivity index (χ4v) is 7.55. The second-order valence-electron chi connectivity index (χ2n) is 17.7. The van der Waals surface area contributed by atoms with Crippen LogP contribution < -0.4 is 15.5 Å². The van der Waals surface area contributed by atoms with E-state index in [1.807, 2.05) is 57.2 Å². The third-order valence-corrected chi connectivity index (χ3v) is 11.0. The lowest BCUT2D eigenvalue weighted by molar-refractivity contribution is -0.147. The van der Waals surface area contributed by atoms with Crippen molar-refractivity contribution in [2.75, 3.05) is 19.1 Å². The first kappa shape index (κ1) is 44.4. The highest BCUT2D eigenvalue weighted by molar-refractivity contribution is 5.95. The minimum absolute atomic E-state index is 0.0384. The molecular weight excluding hydrogens is 751 g/mol. The highest BCUT2D eigenvalue weighted by atomic mass is 16.6. The Morgan fingerprint density at radius 3 is 2.20 bits per heavy atom. The van der Waals surface area contributed by atoms with E-state index in [9.17, 15) is 24.0 Å². The molecule has 316 valence electrons. The van der Waals surface area contributed by atoms with Crippen molar-refractivity contribution >= 4 is 41.4 Å². The molecule has 2 N–H and O–H groups in total. The minimum Gasteiger partial charge on any atom is -0.465 e. The average Bonchev–Trinajstić information content (AvgIpc) is 3.19. The molecule has 13 nitrogen and oxygen atoms in total. The molecule has 3 unspecified atom stereocenters. The van der Waals surface area contributed by atoms with Crippen LogP contribution in [0.15, 0.2) is 66.7 Å². The van der Waals surface area contributed by atoms with Crippen LogP contribution in [0.4, 0.5) is 10.5 Å². The number of carbonyl (C=O) groups is 6. The number of nitrogens with one attached hydrogen (secondary N) is 2. The van der Waals surface area contributed by atoms with E-state index in [0.29, 0.717) is 11.3 Å². The van der Waals surface area contributed by atoms with Crippen molar-refractivity contribution < 1.29 is 38.2 Å². The summed E-state index contributed by atoms with van der Waals surface area (Å²) in [7, 11) is 2.79. The van der Waals surface area contributed by atoms with Gasteiger partial charge in [-0.2, -0.15) is 0 Å². The Kier molecular flexibility index (Phi) is 13.6. The Morgan fingerprint density at radius 2 is 1.58 bits per heavy atom. The summed E-state index contributed by atoms with van der Waals surface area (Å²) in [6.07, 6.45) is 2.13. The van der Waals surface area contributed by atoms with Gasteiger partial charge in [-0.1, -0.05) is 63.2 Å². The number of ether oxygens (including phenoxy) is 2. The summed E-state index contributed by atoms with van der Waals surface area (Å²) in [6.45, 7) is 14.0. The monoisotopic (exact) mass is 809 g/mol. The van der Waals surface area contributed by atoms with Gasteiger partial charge in [0.25, 0.3) is 0 Å². The number of esters is 1. The third-order valence-electron chi connectivity index (χ3n) is 11.0. The number of rotatable bonds is 10. The van der Waals surface area contributed by atoms with Gasteiger partial charge in [-0.05, 0) is 104 Å². The van der Waals surface area contributed by atoms with E-state index < -0.39 is 53.0 Å². The standard InChI is InChI=1S/C46H59N5O8/c1-28(49(9)44(57)59-46(6,7)8)40(53)48-39(45(3,4)5)42(55)51-27-34-24-35(50(29(2)52)26-30-18-20-32(21-19-30)43(56)58-10)23-22-33(34)25-38(51)41(54)47-37-17-13-15-31-14-11-12-16-36(31)37/h11-12,14,16,18-24,28,37-39H,13,15,17,25-27H2,1-10H3,(H,47,54)(H,48,53)/t28-,37?,38?,39?/m0/s1. The highest BCUT2D eigenvalue weighted by Crippen LogP contribution is 2.34. The Morgan fingerprint density at radius 1 is 0.898 bits per heavy atom. The Hall–Kier alpha value is -5.72. The van der Waals surface area contributed by atoms with Crippen LogP contribution in [0.1, 0.15) is 112 Å². The Bertz CT molecular complexity index is 2070. The van der Waals surface area contributed by atoms with Crippen molar-refractivity contribution in [1.82, 2.24) is 20.4 Å². The average molecular weight is 810 g/mol. The number of hydrogen-bond donors (Lipinski definition) is 2. The molecule has 0 fully saturated rings.